The van der Waals surface area contributed by atoms with Gasteiger partial charge in [-0.25, -0.2) is 9.59 Å². The third-order valence-corrected chi connectivity index (χ3v) is 2.37. The number of nitrogen functional groups attached to an aromatic ring is 2. The zero-order valence-corrected chi connectivity index (χ0v) is 12.6. The monoisotopic (exact) mass is 296 g/mol. The molecule has 116 valence electrons. The van der Waals surface area contributed by atoms with E-state index in [4.69, 9.17) is 20.9 Å². The van der Waals surface area contributed by atoms with E-state index in [2.05, 4.69) is 4.74 Å². The minimum absolute atomic E-state index is 0.0803. The van der Waals surface area contributed by atoms with Crippen LogP contribution in [0.3, 0.4) is 0 Å². The third kappa shape index (κ3) is 4.87. The first-order valence-electron chi connectivity index (χ1n) is 6.26. The summed E-state index contributed by atoms with van der Waals surface area (Å²) in [7, 11) is 1.23. The summed E-state index contributed by atoms with van der Waals surface area (Å²) in [6.07, 6.45) is 0. The summed E-state index contributed by atoms with van der Waals surface area (Å²) in [6.45, 7) is 4.95. The van der Waals surface area contributed by atoms with Gasteiger partial charge in [-0.05, 0) is 26.8 Å². The normalized spacial score (nSPS) is 10.9. The molecule has 0 heterocycles. The summed E-state index contributed by atoms with van der Waals surface area (Å²) in [5, 5.41) is 0. The minimum Gasteiger partial charge on any atom is -0.482 e. The predicted octanol–water partition coefficient (Wildman–Crippen LogP) is 1.36. The van der Waals surface area contributed by atoms with E-state index < -0.39 is 17.5 Å². The number of esters is 2. The van der Waals surface area contributed by atoms with Crippen molar-refractivity contribution in [3.8, 4) is 5.75 Å². The molecule has 0 radical (unpaired) electrons. The van der Waals surface area contributed by atoms with E-state index in [1.807, 2.05) is 0 Å². The van der Waals surface area contributed by atoms with Crippen molar-refractivity contribution >= 4 is 23.3 Å². The predicted molar refractivity (Wildman–Crippen MR) is 77.9 cm³/mol. The molecule has 0 aliphatic carbocycles. The first-order chi connectivity index (χ1) is 9.64. The Hall–Kier alpha value is -2.44. The summed E-state index contributed by atoms with van der Waals surface area (Å²) < 4.78 is 15.0. The average Bonchev–Trinajstić information content (AvgIpc) is 2.37. The summed E-state index contributed by atoms with van der Waals surface area (Å²) >= 11 is 0. The maximum absolute atomic E-state index is 11.6. The van der Waals surface area contributed by atoms with Gasteiger partial charge in [0.05, 0.1) is 24.0 Å². The Kier molecular flexibility index (Phi) is 5.02. The Balaban J connectivity index is 2.83. The van der Waals surface area contributed by atoms with Crippen molar-refractivity contribution in [1.82, 2.24) is 0 Å². The van der Waals surface area contributed by atoms with Crippen LogP contribution in [0.25, 0.3) is 0 Å². The summed E-state index contributed by atoms with van der Waals surface area (Å²) in [5.41, 5.74) is 11.1. The average molecular weight is 296 g/mol. The largest absolute Gasteiger partial charge is 0.482 e. The molecule has 0 atom stereocenters. The van der Waals surface area contributed by atoms with Gasteiger partial charge < -0.3 is 25.7 Å². The number of carbonyl (C=O) groups is 2. The molecule has 1 rings (SSSR count). The van der Waals surface area contributed by atoms with Crippen LogP contribution in [-0.2, 0) is 14.3 Å². The van der Waals surface area contributed by atoms with Crippen LogP contribution in [0.5, 0.6) is 5.75 Å². The standard InChI is InChI=1S/C14H20N2O5/c1-14(2,3)21-11(17)7-20-8-5-9(13(18)19-4)12(16)10(15)6-8/h5-6H,7,15-16H2,1-4H3. The molecule has 0 aliphatic heterocycles. The zero-order chi connectivity index (χ0) is 16.2. The number of methoxy groups -OCH3 is 1. The van der Waals surface area contributed by atoms with Crippen LogP contribution in [-0.4, -0.2) is 31.3 Å². The number of hydrogen-bond donors (Lipinski definition) is 2. The van der Waals surface area contributed by atoms with E-state index in [1.54, 1.807) is 20.8 Å². The summed E-state index contributed by atoms with van der Waals surface area (Å²) in [5.74, 6) is -0.938. The second kappa shape index (κ2) is 6.34. The number of rotatable bonds is 4. The number of ether oxygens (including phenoxy) is 3. The molecule has 7 heteroatoms. The molecule has 7 nitrogen and oxygen atoms in total. The van der Waals surface area contributed by atoms with Crippen LogP contribution in [0.15, 0.2) is 12.1 Å². The van der Waals surface area contributed by atoms with Gasteiger partial charge in [-0.15, -0.1) is 0 Å². The van der Waals surface area contributed by atoms with Gasteiger partial charge in [0.2, 0.25) is 0 Å². The number of carbonyl (C=O) groups excluding carboxylic acids is 2. The fourth-order valence-electron chi connectivity index (χ4n) is 1.52. The molecule has 1 aromatic carbocycles. The van der Waals surface area contributed by atoms with Crippen LogP contribution in [0.2, 0.25) is 0 Å². The summed E-state index contributed by atoms with van der Waals surface area (Å²) in [4.78, 5) is 23.1. The molecule has 0 aromatic heterocycles. The van der Waals surface area contributed by atoms with E-state index in [0.717, 1.165) is 0 Å². The molecule has 21 heavy (non-hydrogen) atoms. The molecule has 0 aliphatic rings. The second-order valence-corrected chi connectivity index (χ2v) is 5.34. The van der Waals surface area contributed by atoms with Crippen molar-refractivity contribution in [2.24, 2.45) is 0 Å². The smallest absolute Gasteiger partial charge is 0.344 e. The van der Waals surface area contributed by atoms with Crippen molar-refractivity contribution in [2.75, 3.05) is 25.2 Å². The quantitative estimate of drug-likeness (QED) is 0.636. The van der Waals surface area contributed by atoms with Gasteiger partial charge in [-0.2, -0.15) is 0 Å². The van der Waals surface area contributed by atoms with Crippen molar-refractivity contribution in [1.29, 1.82) is 0 Å². The second-order valence-electron chi connectivity index (χ2n) is 5.34. The van der Waals surface area contributed by atoms with Gasteiger partial charge in [0.15, 0.2) is 6.61 Å². The van der Waals surface area contributed by atoms with Crippen molar-refractivity contribution < 1.29 is 23.8 Å². The first-order valence-corrected chi connectivity index (χ1v) is 6.26. The van der Waals surface area contributed by atoms with E-state index in [1.165, 1.54) is 19.2 Å². The van der Waals surface area contributed by atoms with Gasteiger partial charge in [-0.3, -0.25) is 0 Å². The highest BCUT2D eigenvalue weighted by atomic mass is 16.6. The van der Waals surface area contributed by atoms with E-state index in [0.29, 0.717) is 0 Å². The lowest BCUT2D eigenvalue weighted by molar-refractivity contribution is -0.157. The van der Waals surface area contributed by atoms with E-state index in [9.17, 15) is 9.59 Å². The van der Waals surface area contributed by atoms with Gasteiger partial charge in [0.25, 0.3) is 0 Å². The zero-order valence-electron chi connectivity index (χ0n) is 12.6. The van der Waals surface area contributed by atoms with Gasteiger partial charge >= 0.3 is 11.9 Å². The van der Waals surface area contributed by atoms with E-state index >= 15 is 0 Å². The molecular weight excluding hydrogens is 276 g/mol. The van der Waals surface area contributed by atoms with Crippen LogP contribution in [0, 0.1) is 0 Å². The SMILES string of the molecule is COC(=O)c1cc(OCC(=O)OC(C)(C)C)cc(N)c1N. The lowest BCUT2D eigenvalue weighted by atomic mass is 10.1. The molecule has 1 aromatic rings. The van der Waals surface area contributed by atoms with Crippen LogP contribution in [0.1, 0.15) is 31.1 Å². The Morgan fingerprint density at radius 1 is 1.19 bits per heavy atom. The molecule has 4 N–H and O–H groups in total. The lowest BCUT2D eigenvalue weighted by Crippen LogP contribution is -2.27. The Morgan fingerprint density at radius 3 is 2.33 bits per heavy atom. The Morgan fingerprint density at radius 2 is 1.81 bits per heavy atom. The molecule has 0 fully saturated rings. The molecular formula is C14H20N2O5. The number of nitrogens with two attached hydrogens (primary N) is 2. The highest BCUT2D eigenvalue weighted by molar-refractivity contribution is 5.98. The fourth-order valence-corrected chi connectivity index (χ4v) is 1.52. The van der Waals surface area contributed by atoms with Gasteiger partial charge in [0, 0.05) is 6.07 Å². The third-order valence-electron chi connectivity index (χ3n) is 2.37. The molecule has 0 amide bonds. The number of hydrogen-bond acceptors (Lipinski definition) is 7. The van der Waals surface area contributed by atoms with Crippen LogP contribution in [0.4, 0.5) is 11.4 Å². The molecule has 0 saturated heterocycles. The molecule has 0 unspecified atom stereocenters. The maximum atomic E-state index is 11.6. The first kappa shape index (κ1) is 16.6. The van der Waals surface area contributed by atoms with Gasteiger partial charge in [0.1, 0.15) is 11.4 Å². The minimum atomic E-state index is -0.637. The molecule has 0 bridgehead atoms. The summed E-state index contributed by atoms with van der Waals surface area (Å²) in [6, 6.07) is 2.79. The fraction of sp³-hybridized carbons (Fsp3) is 0.429. The highest BCUT2D eigenvalue weighted by Gasteiger charge is 2.18. The van der Waals surface area contributed by atoms with Crippen LogP contribution >= 0.6 is 0 Å². The Bertz CT molecular complexity index is 549. The van der Waals surface area contributed by atoms with Crippen molar-refractivity contribution in [2.45, 2.75) is 26.4 Å². The molecule has 0 saturated carbocycles. The van der Waals surface area contributed by atoms with Crippen molar-refractivity contribution in [3.63, 3.8) is 0 Å². The maximum Gasteiger partial charge on any atom is 0.344 e. The molecule has 0 spiro atoms. The van der Waals surface area contributed by atoms with E-state index in [-0.39, 0.29) is 29.3 Å². The van der Waals surface area contributed by atoms with Gasteiger partial charge in [-0.1, -0.05) is 0 Å². The van der Waals surface area contributed by atoms with Crippen molar-refractivity contribution in [3.05, 3.63) is 17.7 Å². The van der Waals surface area contributed by atoms with Crippen LogP contribution < -0.4 is 16.2 Å². The number of anilines is 2. The Labute approximate surface area is 123 Å². The highest BCUT2D eigenvalue weighted by Crippen LogP contribution is 2.27. The topological polar surface area (TPSA) is 114 Å². The lowest BCUT2D eigenvalue weighted by Gasteiger charge is -2.19. The number of benzene rings is 1.